The van der Waals surface area contributed by atoms with Gasteiger partial charge in [-0.05, 0) is 29.8 Å². The molecule has 0 saturated heterocycles. The molecule has 5 rings (SSSR count). The number of imide groups is 1. The van der Waals surface area contributed by atoms with Crippen molar-refractivity contribution in [2.45, 2.75) is 18.0 Å². The van der Waals surface area contributed by atoms with Crippen molar-refractivity contribution >= 4 is 29.3 Å². The first-order valence-corrected chi connectivity index (χ1v) is 10.8. The molecule has 2 aromatic carbocycles. The molecule has 2 aliphatic heterocycles. The lowest BCUT2D eigenvalue weighted by atomic mass is 10.1. The van der Waals surface area contributed by atoms with Crippen molar-refractivity contribution in [3.63, 3.8) is 0 Å². The van der Waals surface area contributed by atoms with Gasteiger partial charge in [-0.2, -0.15) is 9.78 Å². The number of methoxy groups -OCH3 is 1. The second kappa shape index (κ2) is 7.99. The smallest absolute Gasteiger partial charge is 0.261 e. The van der Waals surface area contributed by atoms with Crippen LogP contribution in [0.4, 0.5) is 0 Å². The molecule has 0 unspecified atom stereocenters. The minimum atomic E-state index is -0.241. The number of rotatable bonds is 6. The summed E-state index contributed by atoms with van der Waals surface area (Å²) in [5.41, 5.74) is 2.91. The summed E-state index contributed by atoms with van der Waals surface area (Å²) in [4.78, 5) is 26.4. The fourth-order valence-electron chi connectivity index (χ4n) is 3.65. The first kappa shape index (κ1) is 19.5. The molecule has 0 saturated carbocycles. The van der Waals surface area contributed by atoms with Crippen LogP contribution in [0.1, 0.15) is 38.5 Å². The number of amides is 2. The molecule has 9 heteroatoms. The number of thioether (sulfide) groups is 1. The lowest BCUT2D eigenvalue weighted by Gasteiger charge is -2.17. The summed E-state index contributed by atoms with van der Waals surface area (Å²) in [5, 5.41) is 14.0. The second-order valence-electron chi connectivity index (χ2n) is 7.25. The van der Waals surface area contributed by atoms with Gasteiger partial charge in [0.05, 0.1) is 23.9 Å². The van der Waals surface area contributed by atoms with Crippen LogP contribution in [0.5, 0.6) is 5.75 Å². The maximum absolute atomic E-state index is 12.6. The molecule has 2 amide bonds. The zero-order valence-electron chi connectivity index (χ0n) is 16.8. The minimum Gasteiger partial charge on any atom is -0.497 e. The van der Waals surface area contributed by atoms with E-state index in [4.69, 9.17) is 9.84 Å². The molecule has 0 atom stereocenters. The Kier molecular flexibility index (Phi) is 5.03. The number of ether oxygens (including phenoxy) is 1. The van der Waals surface area contributed by atoms with Crippen LogP contribution in [0.25, 0.3) is 0 Å². The van der Waals surface area contributed by atoms with Crippen LogP contribution in [0, 0.1) is 0 Å². The van der Waals surface area contributed by atoms with Crippen molar-refractivity contribution in [3.8, 4) is 5.75 Å². The van der Waals surface area contributed by atoms with Crippen LogP contribution in [0.2, 0.25) is 0 Å². The Morgan fingerprint density at radius 1 is 1.00 bits per heavy atom. The van der Waals surface area contributed by atoms with Gasteiger partial charge >= 0.3 is 0 Å². The number of hydrogen-bond acceptors (Lipinski definition) is 7. The van der Waals surface area contributed by atoms with Gasteiger partial charge in [0.25, 0.3) is 11.8 Å². The standard InChI is InChI=1S/C22H19N5O3S/c1-30-16-8-6-14(7-9-16)12-19-23-24-22-27(19)25-15(13-31-22)10-11-26-20(28)17-4-2-3-5-18(17)21(26)29/h2-9H,10-13H2,1H3. The van der Waals surface area contributed by atoms with Crippen molar-refractivity contribution in [1.29, 1.82) is 0 Å². The van der Waals surface area contributed by atoms with Gasteiger partial charge < -0.3 is 4.74 Å². The predicted molar refractivity (Wildman–Crippen MR) is 116 cm³/mol. The fraction of sp³-hybridized carbons (Fsp3) is 0.227. The third-order valence-corrected chi connectivity index (χ3v) is 6.30. The Hall–Kier alpha value is -3.46. The molecule has 1 aromatic heterocycles. The number of benzene rings is 2. The van der Waals surface area contributed by atoms with Crippen molar-refractivity contribution in [2.75, 3.05) is 19.4 Å². The highest BCUT2D eigenvalue weighted by molar-refractivity contribution is 7.99. The second-order valence-corrected chi connectivity index (χ2v) is 8.19. The number of nitrogens with zero attached hydrogens (tertiary/aromatic N) is 5. The van der Waals surface area contributed by atoms with Crippen molar-refractivity contribution in [3.05, 3.63) is 71.0 Å². The van der Waals surface area contributed by atoms with E-state index in [-0.39, 0.29) is 11.8 Å². The molecule has 3 heterocycles. The summed E-state index contributed by atoms with van der Waals surface area (Å²) in [5.74, 6) is 1.72. The van der Waals surface area contributed by atoms with E-state index in [1.807, 2.05) is 24.3 Å². The summed E-state index contributed by atoms with van der Waals surface area (Å²) in [6.45, 7) is 0.303. The van der Waals surface area contributed by atoms with Crippen LogP contribution < -0.4 is 4.74 Å². The molecule has 0 N–H and O–H groups in total. The first-order valence-electron chi connectivity index (χ1n) is 9.86. The summed E-state index contributed by atoms with van der Waals surface area (Å²) in [6, 6.07) is 14.7. The lowest BCUT2D eigenvalue weighted by Crippen LogP contribution is -2.32. The van der Waals surface area contributed by atoms with Crippen LogP contribution in [-0.2, 0) is 6.42 Å². The number of fused-ring (bicyclic) bond motifs is 2. The third kappa shape index (κ3) is 3.61. The number of hydrogen-bond donors (Lipinski definition) is 0. The molecule has 0 bridgehead atoms. The number of carbonyl (C=O) groups excluding carboxylic acids is 2. The molecule has 0 aliphatic carbocycles. The molecule has 8 nitrogen and oxygen atoms in total. The number of aromatic nitrogens is 3. The van der Waals surface area contributed by atoms with Gasteiger partial charge in [-0.25, -0.2) is 0 Å². The monoisotopic (exact) mass is 433 g/mol. The highest BCUT2D eigenvalue weighted by Gasteiger charge is 2.35. The summed E-state index contributed by atoms with van der Waals surface area (Å²) < 4.78 is 6.96. The van der Waals surface area contributed by atoms with E-state index in [9.17, 15) is 9.59 Å². The Labute approximate surface area is 182 Å². The summed E-state index contributed by atoms with van der Waals surface area (Å²) >= 11 is 1.56. The van der Waals surface area contributed by atoms with Gasteiger partial charge in [-0.1, -0.05) is 36.0 Å². The Morgan fingerprint density at radius 2 is 1.71 bits per heavy atom. The van der Waals surface area contributed by atoms with Gasteiger partial charge in [0.1, 0.15) is 5.75 Å². The predicted octanol–water partition coefficient (Wildman–Crippen LogP) is 2.87. The average Bonchev–Trinajstić information content (AvgIpc) is 3.31. The SMILES string of the molecule is COc1ccc(Cc2nnc3n2N=C(CCN2C(=O)c4ccccc4C2=O)CS3)cc1. The summed E-state index contributed by atoms with van der Waals surface area (Å²) in [7, 11) is 1.64. The molecular weight excluding hydrogens is 414 g/mol. The molecule has 31 heavy (non-hydrogen) atoms. The van der Waals surface area contributed by atoms with E-state index in [0.29, 0.717) is 36.3 Å². The minimum absolute atomic E-state index is 0.241. The molecular formula is C22H19N5O3S. The molecule has 0 fully saturated rings. The third-order valence-electron chi connectivity index (χ3n) is 5.31. The normalized spacial score (nSPS) is 15.0. The zero-order valence-corrected chi connectivity index (χ0v) is 17.6. The van der Waals surface area contributed by atoms with E-state index >= 15 is 0 Å². The van der Waals surface area contributed by atoms with E-state index in [0.717, 1.165) is 28.0 Å². The highest BCUT2D eigenvalue weighted by Crippen LogP contribution is 2.26. The van der Waals surface area contributed by atoms with Crippen molar-refractivity contribution < 1.29 is 14.3 Å². The molecule has 3 aromatic rings. The van der Waals surface area contributed by atoms with Gasteiger partial charge in [-0.3, -0.25) is 14.5 Å². The van der Waals surface area contributed by atoms with E-state index in [2.05, 4.69) is 10.2 Å². The Bertz CT molecular complexity index is 1170. The Balaban J connectivity index is 1.30. The van der Waals surface area contributed by atoms with Crippen LogP contribution in [0.3, 0.4) is 0 Å². The topological polar surface area (TPSA) is 89.7 Å². The summed E-state index contributed by atoms with van der Waals surface area (Å²) in [6.07, 6.45) is 1.10. The molecule has 0 radical (unpaired) electrons. The van der Waals surface area contributed by atoms with Crippen LogP contribution >= 0.6 is 11.8 Å². The largest absolute Gasteiger partial charge is 0.497 e. The van der Waals surface area contributed by atoms with E-state index in [1.54, 1.807) is 47.8 Å². The maximum atomic E-state index is 12.6. The molecule has 156 valence electrons. The van der Waals surface area contributed by atoms with Crippen LogP contribution in [0.15, 0.2) is 58.8 Å². The van der Waals surface area contributed by atoms with E-state index < -0.39 is 0 Å². The maximum Gasteiger partial charge on any atom is 0.261 e. The van der Waals surface area contributed by atoms with Crippen molar-refractivity contribution in [1.82, 2.24) is 19.8 Å². The van der Waals surface area contributed by atoms with Gasteiger partial charge in [0, 0.05) is 25.1 Å². The molecule has 2 aliphatic rings. The Morgan fingerprint density at radius 3 is 2.39 bits per heavy atom. The van der Waals surface area contributed by atoms with Crippen molar-refractivity contribution in [2.24, 2.45) is 5.10 Å². The number of carbonyl (C=O) groups is 2. The quantitative estimate of drug-likeness (QED) is 0.556. The highest BCUT2D eigenvalue weighted by atomic mass is 32.2. The first-order chi connectivity index (χ1) is 15.1. The van der Waals surface area contributed by atoms with Gasteiger partial charge in [-0.15, -0.1) is 10.2 Å². The average molecular weight is 433 g/mol. The van der Waals surface area contributed by atoms with Crippen LogP contribution in [-0.4, -0.2) is 56.7 Å². The van der Waals surface area contributed by atoms with Gasteiger partial charge in [0.15, 0.2) is 5.82 Å². The lowest BCUT2D eigenvalue weighted by molar-refractivity contribution is 0.0658. The fourth-order valence-corrected chi connectivity index (χ4v) is 4.51. The molecule has 0 spiro atoms. The van der Waals surface area contributed by atoms with E-state index in [1.165, 1.54) is 4.90 Å². The van der Waals surface area contributed by atoms with Gasteiger partial charge in [0.2, 0.25) is 5.16 Å². The zero-order chi connectivity index (χ0) is 21.4.